The predicted octanol–water partition coefficient (Wildman–Crippen LogP) is 2.55. The van der Waals surface area contributed by atoms with E-state index in [0.29, 0.717) is 9.61 Å². The van der Waals surface area contributed by atoms with Gasteiger partial charge in [-0.15, -0.1) is 11.3 Å². The van der Waals surface area contributed by atoms with Gasteiger partial charge in [0.15, 0.2) is 13.0 Å². The summed E-state index contributed by atoms with van der Waals surface area (Å²) in [6.07, 6.45) is 3.28. The zero-order valence-electron chi connectivity index (χ0n) is 7.66. The van der Waals surface area contributed by atoms with Crippen LogP contribution in [-0.2, 0) is 20.0 Å². The van der Waals surface area contributed by atoms with Gasteiger partial charge in [-0.3, -0.25) is 4.98 Å². The highest BCUT2D eigenvalue weighted by atomic mass is 79.9. The molecule has 0 aromatic carbocycles. The van der Waals surface area contributed by atoms with Gasteiger partial charge in [-0.1, -0.05) is 0 Å². The molecular weight excluding hydrogens is 332 g/mol. The third-order valence-electron chi connectivity index (χ3n) is 1.70. The number of nitrogens with zero attached hydrogens (tertiary/aromatic N) is 2. The van der Waals surface area contributed by atoms with Crippen molar-refractivity contribution in [1.82, 2.24) is 9.97 Å². The molecule has 1 unspecified atom stereocenters. The van der Waals surface area contributed by atoms with Gasteiger partial charge in [0.05, 0.1) is 0 Å². The maximum absolute atomic E-state index is 11.3. The summed E-state index contributed by atoms with van der Waals surface area (Å²) in [4.78, 5) is 8.09. The molecule has 2 rings (SSSR count). The summed E-state index contributed by atoms with van der Waals surface area (Å²) in [5.74, 6) is 0. The van der Waals surface area contributed by atoms with E-state index in [1.54, 1.807) is 18.5 Å². The number of halogens is 1. The zero-order valence-corrected chi connectivity index (χ0v) is 11.7. The average molecular weight is 337 g/mol. The predicted molar refractivity (Wildman–Crippen MR) is 69.4 cm³/mol. The Labute approximate surface area is 109 Å². The van der Waals surface area contributed by atoms with Crippen molar-refractivity contribution in [3.63, 3.8) is 0 Å². The quantitative estimate of drug-likeness (QED) is 0.912. The van der Waals surface area contributed by atoms with Gasteiger partial charge in [0.25, 0.3) is 0 Å². The van der Waals surface area contributed by atoms with E-state index in [4.69, 9.17) is 0 Å². The van der Waals surface area contributed by atoms with E-state index in [1.165, 1.54) is 0 Å². The molecule has 1 N–H and O–H groups in total. The van der Waals surface area contributed by atoms with E-state index in [2.05, 4.69) is 37.1 Å². The minimum absolute atomic E-state index is 0.168. The van der Waals surface area contributed by atoms with Crippen molar-refractivity contribution >= 4 is 47.2 Å². The molecule has 4 nitrogen and oxygen atoms in total. The molecule has 0 radical (unpaired) electrons. The minimum Gasteiger partial charge on any atom is -0.301 e. The Kier molecular flexibility index (Phi) is 3.36. The summed E-state index contributed by atoms with van der Waals surface area (Å²) in [5, 5.41) is 0.613. The van der Waals surface area contributed by atoms with Crippen LogP contribution < -0.4 is 0 Å². The largest absolute Gasteiger partial charge is 0.301 e. The Hall–Kier alpha value is -0.410. The van der Waals surface area contributed by atoms with Crippen molar-refractivity contribution in [2.45, 2.75) is 4.21 Å². The highest BCUT2D eigenvalue weighted by Gasteiger charge is 2.17. The second-order valence-corrected chi connectivity index (χ2v) is 7.54. The average Bonchev–Trinajstić information content (AvgIpc) is 2.61. The number of hydrogen-bond donors (Lipinski definition) is 1. The Bertz CT molecular complexity index is 609. The third-order valence-corrected chi connectivity index (χ3v) is 6.10. The topological polar surface area (TPSA) is 63.1 Å². The monoisotopic (exact) mass is 336 g/mol. The van der Waals surface area contributed by atoms with Gasteiger partial charge in [-0.25, -0.2) is 9.19 Å². The van der Waals surface area contributed by atoms with Crippen LogP contribution in [0.25, 0.3) is 10.6 Å². The molecule has 0 fully saturated rings. The lowest BCUT2D eigenvalue weighted by molar-refractivity contribution is 0.563. The Morgan fingerprint density at radius 2 is 2.31 bits per heavy atom. The summed E-state index contributed by atoms with van der Waals surface area (Å²) < 4.78 is 21.1. The number of rotatable bonds is 2. The first-order valence-corrected chi connectivity index (χ1v) is 8.07. The molecule has 2 aromatic heterocycles. The van der Waals surface area contributed by atoms with Crippen molar-refractivity contribution in [3.8, 4) is 10.6 Å². The van der Waals surface area contributed by atoms with Crippen LogP contribution in [0, 0.1) is 0 Å². The maximum Gasteiger partial charge on any atom is 0.183 e. The van der Waals surface area contributed by atoms with E-state index in [1.807, 2.05) is 6.07 Å². The van der Waals surface area contributed by atoms with Crippen molar-refractivity contribution in [2.75, 3.05) is 0 Å². The molecule has 0 amide bonds. The first-order valence-electron chi connectivity index (χ1n) is 4.02. The second kappa shape index (κ2) is 4.46. The van der Waals surface area contributed by atoms with Crippen molar-refractivity contribution in [3.05, 3.63) is 29.1 Å². The van der Waals surface area contributed by atoms with Gasteiger partial charge in [-0.2, -0.15) is 0 Å². The van der Waals surface area contributed by atoms with Gasteiger partial charge < -0.3 is 4.55 Å². The highest BCUT2D eigenvalue weighted by molar-refractivity contribution is 9.10. The van der Waals surface area contributed by atoms with E-state index >= 15 is 0 Å². The summed E-state index contributed by atoms with van der Waals surface area (Å²) in [6.45, 7) is 0. The van der Waals surface area contributed by atoms with Gasteiger partial charge in [0, 0.05) is 29.1 Å². The van der Waals surface area contributed by atoms with Gasteiger partial charge in [0.1, 0.15) is 9.61 Å². The van der Waals surface area contributed by atoms with Crippen LogP contribution in [0.1, 0.15) is 0 Å². The SMILES string of the molecule is O=S(O)(=S)c1sc(-c2cccnc2)nc1Br. The van der Waals surface area contributed by atoms with Crippen LogP contribution in [0.15, 0.2) is 33.3 Å². The Morgan fingerprint density at radius 1 is 1.56 bits per heavy atom. The molecule has 0 aliphatic carbocycles. The van der Waals surface area contributed by atoms with Crippen LogP contribution in [-0.4, -0.2) is 18.7 Å². The van der Waals surface area contributed by atoms with Crippen molar-refractivity contribution in [2.24, 2.45) is 0 Å². The molecule has 0 spiro atoms. The number of thiazole rings is 1. The Balaban J connectivity index is 2.55. The molecule has 1 atom stereocenters. The van der Waals surface area contributed by atoms with E-state index < -0.39 is 8.77 Å². The smallest absolute Gasteiger partial charge is 0.183 e. The molecule has 2 aromatic rings. The fraction of sp³-hybridized carbons (Fsp3) is 0. The van der Waals surface area contributed by atoms with Crippen LogP contribution >= 0.6 is 27.3 Å². The normalized spacial score (nSPS) is 14.6. The van der Waals surface area contributed by atoms with Crippen LogP contribution in [0.4, 0.5) is 0 Å². The number of pyridine rings is 1. The minimum atomic E-state index is -3.40. The standard InChI is InChI=1S/C8H5BrN2O2S3/c9-6-8(16(12,13)14)15-7(11-6)5-2-1-3-10-4-5/h1-4H,(H,12,13,14). The molecule has 8 heteroatoms. The Morgan fingerprint density at radius 3 is 2.81 bits per heavy atom. The van der Waals surface area contributed by atoms with Gasteiger partial charge in [0.2, 0.25) is 0 Å². The molecule has 2 heterocycles. The lowest BCUT2D eigenvalue weighted by atomic mass is 10.3. The molecule has 0 saturated heterocycles. The lowest BCUT2D eigenvalue weighted by Crippen LogP contribution is -1.92. The fourth-order valence-electron chi connectivity index (χ4n) is 1.06. The first-order chi connectivity index (χ1) is 7.48. The summed E-state index contributed by atoms with van der Waals surface area (Å²) in [5.41, 5.74) is 0.790. The molecule has 16 heavy (non-hydrogen) atoms. The molecule has 0 saturated carbocycles. The highest BCUT2D eigenvalue weighted by Crippen LogP contribution is 2.33. The first kappa shape index (κ1) is 12.1. The van der Waals surface area contributed by atoms with Gasteiger partial charge >= 0.3 is 0 Å². The molecule has 0 aliphatic rings. The second-order valence-electron chi connectivity index (χ2n) is 2.81. The molecular formula is C8H5BrN2O2S3. The number of aromatic nitrogens is 2. The van der Waals surface area contributed by atoms with Crippen LogP contribution in [0.5, 0.6) is 0 Å². The van der Waals surface area contributed by atoms with Crippen molar-refractivity contribution < 1.29 is 8.76 Å². The lowest BCUT2D eigenvalue weighted by Gasteiger charge is -1.93. The van der Waals surface area contributed by atoms with E-state index in [-0.39, 0.29) is 4.21 Å². The summed E-state index contributed by atoms with van der Waals surface area (Å²) in [7, 11) is -3.40. The van der Waals surface area contributed by atoms with E-state index in [9.17, 15) is 8.76 Å². The third kappa shape index (κ3) is 2.46. The molecule has 84 valence electrons. The van der Waals surface area contributed by atoms with E-state index in [0.717, 1.165) is 16.9 Å². The fourth-order valence-corrected chi connectivity index (χ4v) is 4.72. The zero-order chi connectivity index (χ0) is 11.8. The summed E-state index contributed by atoms with van der Waals surface area (Å²) in [6, 6.07) is 3.60. The van der Waals surface area contributed by atoms with Gasteiger partial charge in [-0.05, 0) is 28.1 Å². The molecule has 0 aliphatic heterocycles. The summed E-state index contributed by atoms with van der Waals surface area (Å²) >= 11 is 8.73. The maximum atomic E-state index is 11.3. The van der Waals surface area contributed by atoms with Crippen LogP contribution in [0.2, 0.25) is 0 Å². The number of hydrogen-bond acceptors (Lipinski definition) is 5. The van der Waals surface area contributed by atoms with Crippen molar-refractivity contribution in [1.29, 1.82) is 0 Å². The molecule has 0 bridgehead atoms. The van der Waals surface area contributed by atoms with Crippen LogP contribution in [0.3, 0.4) is 0 Å².